The summed E-state index contributed by atoms with van der Waals surface area (Å²) in [5.41, 5.74) is 1.05. The summed E-state index contributed by atoms with van der Waals surface area (Å²) < 4.78 is 5.39. The van der Waals surface area contributed by atoms with Crippen LogP contribution < -0.4 is 15.0 Å². The lowest BCUT2D eigenvalue weighted by Gasteiger charge is -2.32. The third-order valence-electron chi connectivity index (χ3n) is 5.81. The number of methoxy groups -OCH3 is 1. The number of aldehydes is 1. The summed E-state index contributed by atoms with van der Waals surface area (Å²) in [5.74, 6) is -1.92. The van der Waals surface area contributed by atoms with Crippen molar-refractivity contribution in [2.45, 2.75) is 31.7 Å². The summed E-state index contributed by atoms with van der Waals surface area (Å²) >= 11 is 0. The summed E-state index contributed by atoms with van der Waals surface area (Å²) in [4.78, 5) is 63.6. The zero-order chi connectivity index (χ0) is 20.7. The van der Waals surface area contributed by atoms with Gasteiger partial charge in [-0.2, -0.15) is 0 Å². The molecule has 1 N–H and O–H groups in total. The molecule has 3 aliphatic heterocycles. The Kier molecular flexibility index (Phi) is 4.81. The standard InChI is InChI=1S/C20H21N3O6/c1-29-15-9-12(22-6-4-11(10-24)5-7-22)8-13-17(15)20(28)23(19(13)27)14-2-3-16(25)21-18(14)26/h8-11,14H,2-7H2,1H3,(H,21,25,26). The van der Waals surface area contributed by atoms with Crippen molar-refractivity contribution in [2.24, 2.45) is 5.92 Å². The average Bonchev–Trinajstić information content (AvgIpc) is 2.98. The lowest BCUT2D eigenvalue weighted by molar-refractivity contribution is -0.136. The zero-order valence-corrected chi connectivity index (χ0v) is 16.0. The van der Waals surface area contributed by atoms with E-state index in [1.807, 2.05) is 0 Å². The van der Waals surface area contributed by atoms with Crippen LogP contribution in [-0.4, -0.2) is 61.1 Å². The number of anilines is 1. The molecule has 29 heavy (non-hydrogen) atoms. The number of nitrogens with one attached hydrogen (secondary N) is 1. The molecule has 9 nitrogen and oxygen atoms in total. The Balaban J connectivity index is 1.67. The number of hydrogen-bond acceptors (Lipinski definition) is 7. The summed E-state index contributed by atoms with van der Waals surface area (Å²) in [6.45, 7) is 1.31. The van der Waals surface area contributed by atoms with Gasteiger partial charge in [-0.05, 0) is 25.3 Å². The molecular weight excluding hydrogens is 378 g/mol. The predicted octanol–water partition coefficient (Wildman–Crippen LogP) is 0.512. The number of carbonyl (C=O) groups is 5. The molecule has 1 aromatic carbocycles. The second kappa shape index (κ2) is 7.31. The van der Waals surface area contributed by atoms with Gasteiger partial charge in [0.05, 0.1) is 18.2 Å². The van der Waals surface area contributed by atoms with E-state index < -0.39 is 29.7 Å². The molecule has 2 saturated heterocycles. The van der Waals surface area contributed by atoms with Crippen LogP contribution in [0.3, 0.4) is 0 Å². The van der Waals surface area contributed by atoms with E-state index >= 15 is 0 Å². The Morgan fingerprint density at radius 3 is 2.41 bits per heavy atom. The zero-order valence-electron chi connectivity index (χ0n) is 16.0. The SMILES string of the molecule is COc1cc(N2CCC(C=O)CC2)cc2c1C(=O)N(C1CCC(=O)NC1=O)C2=O. The smallest absolute Gasteiger partial charge is 0.266 e. The number of amides is 4. The molecule has 152 valence electrons. The van der Waals surface area contributed by atoms with Gasteiger partial charge in [0.25, 0.3) is 11.8 Å². The van der Waals surface area contributed by atoms with Crippen molar-refractivity contribution in [3.63, 3.8) is 0 Å². The molecule has 4 amide bonds. The van der Waals surface area contributed by atoms with Crippen LogP contribution in [0.2, 0.25) is 0 Å². The van der Waals surface area contributed by atoms with Crippen molar-refractivity contribution in [1.29, 1.82) is 0 Å². The van der Waals surface area contributed by atoms with Crippen molar-refractivity contribution in [3.05, 3.63) is 23.3 Å². The largest absolute Gasteiger partial charge is 0.496 e. The Bertz CT molecular complexity index is 919. The molecule has 4 rings (SSSR count). The second-order valence-electron chi connectivity index (χ2n) is 7.48. The van der Waals surface area contributed by atoms with E-state index in [-0.39, 0.29) is 35.6 Å². The monoisotopic (exact) mass is 399 g/mol. The van der Waals surface area contributed by atoms with Crippen LogP contribution >= 0.6 is 0 Å². The fraction of sp³-hybridized carbons (Fsp3) is 0.450. The Morgan fingerprint density at radius 2 is 1.79 bits per heavy atom. The van der Waals surface area contributed by atoms with Gasteiger partial charge in [0.15, 0.2) is 0 Å². The van der Waals surface area contributed by atoms with Crippen LogP contribution in [0.4, 0.5) is 5.69 Å². The number of benzene rings is 1. The Morgan fingerprint density at radius 1 is 1.07 bits per heavy atom. The summed E-state index contributed by atoms with van der Waals surface area (Å²) in [7, 11) is 1.42. The predicted molar refractivity (Wildman–Crippen MR) is 101 cm³/mol. The fourth-order valence-corrected chi connectivity index (χ4v) is 4.18. The van der Waals surface area contributed by atoms with Crippen LogP contribution in [0.1, 0.15) is 46.4 Å². The Labute approximate surface area is 167 Å². The summed E-state index contributed by atoms with van der Waals surface area (Å²) in [6.07, 6.45) is 2.58. The molecule has 0 aromatic heterocycles. The van der Waals surface area contributed by atoms with Gasteiger partial charge >= 0.3 is 0 Å². The van der Waals surface area contributed by atoms with Crippen LogP contribution in [0.5, 0.6) is 5.75 Å². The molecule has 0 spiro atoms. The van der Waals surface area contributed by atoms with E-state index in [2.05, 4.69) is 10.2 Å². The van der Waals surface area contributed by atoms with Crippen molar-refractivity contribution in [2.75, 3.05) is 25.1 Å². The third-order valence-corrected chi connectivity index (χ3v) is 5.81. The number of hydrogen-bond donors (Lipinski definition) is 1. The molecule has 0 bridgehead atoms. The number of piperidine rings is 2. The van der Waals surface area contributed by atoms with Gasteiger partial charge in [-0.3, -0.25) is 29.4 Å². The molecule has 0 saturated carbocycles. The first-order valence-corrected chi connectivity index (χ1v) is 9.58. The molecule has 0 aliphatic carbocycles. The number of carbonyl (C=O) groups excluding carboxylic acids is 5. The molecule has 2 fully saturated rings. The first-order chi connectivity index (χ1) is 13.9. The van der Waals surface area contributed by atoms with Gasteiger partial charge in [-0.25, -0.2) is 0 Å². The Hall–Kier alpha value is -3.23. The van der Waals surface area contributed by atoms with Gasteiger partial charge in [0.1, 0.15) is 18.1 Å². The van der Waals surface area contributed by atoms with Gasteiger partial charge in [-0.15, -0.1) is 0 Å². The average molecular weight is 399 g/mol. The van der Waals surface area contributed by atoms with Crippen LogP contribution in [-0.2, 0) is 14.4 Å². The number of imide groups is 2. The topological polar surface area (TPSA) is 113 Å². The summed E-state index contributed by atoms with van der Waals surface area (Å²) in [5, 5.41) is 2.18. The lowest BCUT2D eigenvalue weighted by atomic mass is 9.97. The number of rotatable bonds is 4. The van der Waals surface area contributed by atoms with E-state index in [1.54, 1.807) is 12.1 Å². The van der Waals surface area contributed by atoms with E-state index in [1.165, 1.54) is 7.11 Å². The first-order valence-electron chi connectivity index (χ1n) is 9.58. The highest BCUT2D eigenvalue weighted by Gasteiger charge is 2.46. The quantitative estimate of drug-likeness (QED) is 0.580. The van der Waals surface area contributed by atoms with E-state index in [4.69, 9.17) is 4.74 Å². The van der Waals surface area contributed by atoms with Crippen molar-refractivity contribution in [1.82, 2.24) is 10.2 Å². The maximum Gasteiger partial charge on any atom is 0.266 e. The van der Waals surface area contributed by atoms with E-state index in [0.29, 0.717) is 13.1 Å². The maximum atomic E-state index is 13.1. The molecule has 3 aliphatic rings. The highest BCUT2D eigenvalue weighted by Crippen LogP contribution is 2.38. The van der Waals surface area contributed by atoms with Crippen LogP contribution in [0.15, 0.2) is 12.1 Å². The molecule has 1 atom stereocenters. The minimum absolute atomic E-state index is 0.0359. The normalized spacial score (nSPS) is 22.6. The number of nitrogens with zero attached hydrogens (tertiary/aromatic N) is 2. The number of ether oxygens (including phenoxy) is 1. The van der Waals surface area contributed by atoms with Crippen LogP contribution in [0.25, 0.3) is 0 Å². The minimum atomic E-state index is -1.02. The molecular formula is C20H21N3O6. The molecule has 0 radical (unpaired) electrons. The van der Waals surface area contributed by atoms with Gasteiger partial charge in [-0.1, -0.05) is 0 Å². The first kappa shape index (κ1) is 19.1. The van der Waals surface area contributed by atoms with Crippen molar-refractivity contribution >= 4 is 35.6 Å². The second-order valence-corrected chi connectivity index (χ2v) is 7.48. The third kappa shape index (κ3) is 3.16. The van der Waals surface area contributed by atoms with Crippen molar-refractivity contribution in [3.8, 4) is 5.75 Å². The highest BCUT2D eigenvalue weighted by molar-refractivity contribution is 6.25. The lowest BCUT2D eigenvalue weighted by Crippen LogP contribution is -2.54. The van der Waals surface area contributed by atoms with Gasteiger partial charge < -0.3 is 14.4 Å². The molecule has 9 heteroatoms. The van der Waals surface area contributed by atoms with Gasteiger partial charge in [0, 0.05) is 37.2 Å². The highest BCUT2D eigenvalue weighted by atomic mass is 16.5. The van der Waals surface area contributed by atoms with Gasteiger partial charge in [0.2, 0.25) is 11.8 Å². The van der Waals surface area contributed by atoms with Crippen LogP contribution in [0, 0.1) is 5.92 Å². The maximum absolute atomic E-state index is 13.1. The van der Waals surface area contributed by atoms with Crippen molar-refractivity contribution < 1.29 is 28.7 Å². The summed E-state index contributed by atoms with van der Waals surface area (Å²) in [6, 6.07) is 2.33. The van der Waals surface area contributed by atoms with E-state index in [0.717, 1.165) is 29.7 Å². The minimum Gasteiger partial charge on any atom is -0.496 e. The van der Waals surface area contributed by atoms with E-state index in [9.17, 15) is 24.0 Å². The fourth-order valence-electron chi connectivity index (χ4n) is 4.18. The molecule has 3 heterocycles. The molecule has 1 unspecified atom stereocenters. The number of fused-ring (bicyclic) bond motifs is 1. The molecule has 1 aromatic rings.